The van der Waals surface area contributed by atoms with Crippen LogP contribution in [0.3, 0.4) is 0 Å². The van der Waals surface area contributed by atoms with Gasteiger partial charge in [0.05, 0.1) is 5.56 Å². The fourth-order valence-corrected chi connectivity index (χ4v) is 3.08. The van der Waals surface area contributed by atoms with Gasteiger partial charge in [0.25, 0.3) is 5.56 Å². The summed E-state index contributed by atoms with van der Waals surface area (Å²) in [6, 6.07) is 0. The molecule has 1 heterocycles. The molecule has 0 atom stereocenters. The molecule has 1 aromatic rings. The Morgan fingerprint density at radius 3 is 2.60 bits per heavy atom. The lowest BCUT2D eigenvalue weighted by atomic mass is 10.0. The Morgan fingerprint density at radius 1 is 1.35 bits per heavy atom. The molecule has 2 rings (SSSR count). The van der Waals surface area contributed by atoms with Crippen molar-refractivity contribution in [2.45, 2.75) is 45.1 Å². The number of hydrogen-bond acceptors (Lipinski definition) is 3. The Hall–Kier alpha value is -1.07. The average molecular weight is 300 g/mol. The summed E-state index contributed by atoms with van der Waals surface area (Å²) in [6.07, 6.45) is 4.21. The highest BCUT2D eigenvalue weighted by atomic mass is 35.5. The van der Waals surface area contributed by atoms with Crippen LogP contribution in [0.15, 0.2) is 9.59 Å². The molecule has 0 aromatic carbocycles. The van der Waals surface area contributed by atoms with Crippen LogP contribution >= 0.6 is 11.6 Å². The second-order valence-corrected chi connectivity index (χ2v) is 5.87. The standard InChI is InChI=1S/C14H22ClN3O2/c1-3-17(2)8-9-18-13(19)11(10-6-4-5-7-10)12(15)16-14(18)20/h10H,3-9H2,1-2H3,(H,16,20). The molecule has 1 saturated carbocycles. The smallest absolute Gasteiger partial charge is 0.305 e. The predicted octanol–water partition coefficient (Wildman–Crippen LogP) is 1.80. The molecule has 6 heteroatoms. The van der Waals surface area contributed by atoms with Gasteiger partial charge in [0.15, 0.2) is 0 Å². The summed E-state index contributed by atoms with van der Waals surface area (Å²) in [6.45, 7) is 4.00. The minimum Gasteiger partial charge on any atom is -0.305 e. The lowest BCUT2D eigenvalue weighted by molar-refractivity contribution is 0.329. The van der Waals surface area contributed by atoms with Crippen molar-refractivity contribution in [3.05, 3.63) is 31.6 Å². The SMILES string of the molecule is CCN(C)CCn1c(=O)[nH]c(Cl)c(C2CCCC2)c1=O. The molecular formula is C14H22ClN3O2. The van der Waals surface area contributed by atoms with E-state index in [1.54, 1.807) is 0 Å². The van der Waals surface area contributed by atoms with Gasteiger partial charge in [0.2, 0.25) is 0 Å². The van der Waals surface area contributed by atoms with E-state index in [1.165, 1.54) is 4.57 Å². The van der Waals surface area contributed by atoms with Crippen molar-refractivity contribution in [2.75, 3.05) is 20.1 Å². The maximum atomic E-state index is 12.5. The van der Waals surface area contributed by atoms with Crippen LogP contribution in [-0.4, -0.2) is 34.6 Å². The van der Waals surface area contributed by atoms with Crippen molar-refractivity contribution in [3.8, 4) is 0 Å². The predicted molar refractivity (Wildman–Crippen MR) is 80.7 cm³/mol. The Labute approximate surface area is 123 Å². The minimum absolute atomic E-state index is 0.196. The molecular weight excluding hydrogens is 278 g/mol. The maximum absolute atomic E-state index is 12.5. The van der Waals surface area contributed by atoms with Gasteiger partial charge >= 0.3 is 5.69 Å². The number of nitrogens with zero attached hydrogens (tertiary/aromatic N) is 2. The Bertz CT molecular complexity index is 573. The highest BCUT2D eigenvalue weighted by Gasteiger charge is 2.24. The van der Waals surface area contributed by atoms with E-state index in [9.17, 15) is 9.59 Å². The molecule has 0 spiro atoms. The normalized spacial score (nSPS) is 16.2. The van der Waals surface area contributed by atoms with Crippen LogP contribution in [0, 0.1) is 0 Å². The van der Waals surface area contributed by atoms with Crippen LogP contribution in [0.4, 0.5) is 0 Å². The van der Waals surface area contributed by atoms with E-state index in [2.05, 4.69) is 9.88 Å². The molecule has 20 heavy (non-hydrogen) atoms. The third-order valence-corrected chi connectivity index (χ3v) is 4.48. The van der Waals surface area contributed by atoms with Gasteiger partial charge in [-0.15, -0.1) is 0 Å². The summed E-state index contributed by atoms with van der Waals surface area (Å²) in [5, 5.41) is 0.229. The van der Waals surface area contributed by atoms with E-state index in [1.807, 2.05) is 14.0 Å². The molecule has 1 aliphatic carbocycles. The number of H-pyrrole nitrogens is 1. The lowest BCUT2D eigenvalue weighted by Gasteiger charge is -2.16. The van der Waals surface area contributed by atoms with Gasteiger partial charge in [0.1, 0.15) is 5.15 Å². The number of halogens is 1. The molecule has 0 saturated heterocycles. The van der Waals surface area contributed by atoms with Crippen LogP contribution in [0.1, 0.15) is 44.1 Å². The molecule has 112 valence electrons. The van der Waals surface area contributed by atoms with E-state index < -0.39 is 5.69 Å². The summed E-state index contributed by atoms with van der Waals surface area (Å²) in [4.78, 5) is 29.2. The lowest BCUT2D eigenvalue weighted by Crippen LogP contribution is -2.40. The van der Waals surface area contributed by atoms with E-state index in [-0.39, 0.29) is 16.6 Å². The van der Waals surface area contributed by atoms with Crippen LogP contribution in [0.2, 0.25) is 5.15 Å². The van der Waals surface area contributed by atoms with Gasteiger partial charge in [-0.3, -0.25) is 14.3 Å². The minimum atomic E-state index is -0.411. The largest absolute Gasteiger partial charge is 0.329 e. The van der Waals surface area contributed by atoms with Crippen molar-refractivity contribution in [1.82, 2.24) is 14.5 Å². The fourth-order valence-electron chi connectivity index (χ4n) is 2.76. The summed E-state index contributed by atoms with van der Waals surface area (Å²) < 4.78 is 1.28. The topological polar surface area (TPSA) is 58.1 Å². The molecule has 1 fully saturated rings. The second kappa shape index (κ2) is 6.59. The number of rotatable bonds is 5. The second-order valence-electron chi connectivity index (χ2n) is 5.49. The summed E-state index contributed by atoms with van der Waals surface area (Å²) in [5.74, 6) is 0.196. The highest BCUT2D eigenvalue weighted by molar-refractivity contribution is 6.30. The third kappa shape index (κ3) is 3.15. The van der Waals surface area contributed by atoms with E-state index >= 15 is 0 Å². The molecule has 1 aliphatic rings. The van der Waals surface area contributed by atoms with Crippen molar-refractivity contribution in [3.63, 3.8) is 0 Å². The summed E-state index contributed by atoms with van der Waals surface area (Å²) >= 11 is 6.10. The van der Waals surface area contributed by atoms with Crippen LogP contribution in [-0.2, 0) is 6.54 Å². The van der Waals surface area contributed by atoms with Gasteiger partial charge in [-0.1, -0.05) is 31.4 Å². The van der Waals surface area contributed by atoms with Crippen molar-refractivity contribution in [1.29, 1.82) is 0 Å². The Morgan fingerprint density at radius 2 is 2.00 bits per heavy atom. The summed E-state index contributed by atoms with van der Waals surface area (Å²) in [5.41, 5.74) is -0.0238. The fraction of sp³-hybridized carbons (Fsp3) is 0.714. The number of nitrogens with one attached hydrogen (secondary N) is 1. The third-order valence-electron chi connectivity index (χ3n) is 4.18. The van der Waals surface area contributed by atoms with Gasteiger partial charge in [-0.2, -0.15) is 0 Å². The quantitative estimate of drug-likeness (QED) is 0.844. The maximum Gasteiger partial charge on any atom is 0.329 e. The molecule has 0 unspecified atom stereocenters. The van der Waals surface area contributed by atoms with Gasteiger partial charge in [0, 0.05) is 13.1 Å². The van der Waals surface area contributed by atoms with E-state index in [4.69, 9.17) is 11.6 Å². The number of hydrogen-bond donors (Lipinski definition) is 1. The van der Waals surface area contributed by atoms with Crippen LogP contribution < -0.4 is 11.2 Å². The first-order valence-corrected chi connectivity index (χ1v) is 7.63. The molecule has 0 aliphatic heterocycles. The molecule has 0 radical (unpaired) electrons. The van der Waals surface area contributed by atoms with Crippen molar-refractivity contribution < 1.29 is 0 Å². The van der Waals surface area contributed by atoms with Gasteiger partial charge < -0.3 is 4.90 Å². The van der Waals surface area contributed by atoms with Crippen LogP contribution in [0.5, 0.6) is 0 Å². The molecule has 0 bridgehead atoms. The zero-order valence-corrected chi connectivity index (χ0v) is 12.9. The summed E-state index contributed by atoms with van der Waals surface area (Å²) in [7, 11) is 1.97. The zero-order chi connectivity index (χ0) is 14.7. The zero-order valence-electron chi connectivity index (χ0n) is 12.1. The highest BCUT2D eigenvalue weighted by Crippen LogP contribution is 2.34. The van der Waals surface area contributed by atoms with Crippen molar-refractivity contribution >= 4 is 11.6 Å². The number of aromatic amines is 1. The number of likely N-dealkylation sites (N-methyl/N-ethyl adjacent to an activating group) is 1. The molecule has 1 N–H and O–H groups in total. The first-order chi connectivity index (χ1) is 9.54. The van der Waals surface area contributed by atoms with Gasteiger partial charge in [-0.25, -0.2) is 4.79 Å². The number of aromatic nitrogens is 2. The average Bonchev–Trinajstić information content (AvgIpc) is 2.91. The molecule has 0 amide bonds. The van der Waals surface area contributed by atoms with Crippen LogP contribution in [0.25, 0.3) is 0 Å². The van der Waals surface area contributed by atoms with E-state index in [0.717, 1.165) is 32.2 Å². The van der Waals surface area contributed by atoms with Crippen molar-refractivity contribution in [2.24, 2.45) is 0 Å². The first kappa shape index (κ1) is 15.3. The Kier molecular flexibility index (Phi) is 5.05. The Balaban J connectivity index is 2.34. The first-order valence-electron chi connectivity index (χ1n) is 7.25. The monoisotopic (exact) mass is 299 g/mol. The molecule has 5 nitrogen and oxygen atoms in total. The van der Waals surface area contributed by atoms with E-state index in [0.29, 0.717) is 18.7 Å². The molecule has 1 aromatic heterocycles. The van der Waals surface area contributed by atoms with Gasteiger partial charge in [-0.05, 0) is 32.4 Å².